The molecule has 90 valence electrons. The van der Waals surface area contributed by atoms with Gasteiger partial charge in [-0.3, -0.25) is 4.79 Å². The molecule has 0 N–H and O–H groups in total. The third-order valence-corrected chi connectivity index (χ3v) is 2.47. The number of ketones is 1. The fourth-order valence-electron chi connectivity index (χ4n) is 1.69. The molecule has 0 radical (unpaired) electrons. The van der Waals surface area contributed by atoms with Gasteiger partial charge in [0.1, 0.15) is 0 Å². The van der Waals surface area contributed by atoms with Crippen LogP contribution < -0.4 is 0 Å². The van der Waals surface area contributed by atoms with E-state index >= 15 is 0 Å². The zero-order valence-corrected chi connectivity index (χ0v) is 11.3. The van der Waals surface area contributed by atoms with Gasteiger partial charge in [0.25, 0.3) is 0 Å². The normalized spacial score (nSPS) is 17.6. The van der Waals surface area contributed by atoms with Crippen LogP contribution in [0.4, 0.5) is 0 Å². The first-order valence-electron chi connectivity index (χ1n) is 6.37. The minimum Gasteiger partial charge on any atom is -0.294 e. The average Bonchev–Trinajstić information content (AvgIpc) is 2.58. The van der Waals surface area contributed by atoms with Crippen LogP contribution in [0.1, 0.15) is 53.9 Å². The molecule has 0 heterocycles. The molecular formula is C15H24O. The van der Waals surface area contributed by atoms with Crippen molar-refractivity contribution in [3.05, 3.63) is 34.9 Å². The second kappa shape index (κ2) is 8.09. The number of carbonyl (C=O) groups is 1. The molecule has 0 aliphatic heterocycles. The van der Waals surface area contributed by atoms with Gasteiger partial charge in [-0.1, -0.05) is 51.5 Å². The maximum atomic E-state index is 11.3. The van der Waals surface area contributed by atoms with Gasteiger partial charge in [0.05, 0.1) is 0 Å². The SMILES string of the molecule is CC.CC.CC1=CC=C2C(=O)CCC2=CC1. The Labute approximate surface area is 99.9 Å². The number of Topliss-reactive ketones (excluding diaryl/α,β-unsaturated/α-hetero) is 1. The van der Waals surface area contributed by atoms with Crippen molar-refractivity contribution in [1.82, 2.24) is 0 Å². The number of hydrogen-bond donors (Lipinski definition) is 0. The van der Waals surface area contributed by atoms with Crippen molar-refractivity contribution in [3.8, 4) is 0 Å². The van der Waals surface area contributed by atoms with Gasteiger partial charge in [0.15, 0.2) is 5.78 Å². The molecule has 2 aliphatic carbocycles. The summed E-state index contributed by atoms with van der Waals surface area (Å²) in [6, 6.07) is 0. The minimum atomic E-state index is 0.312. The maximum absolute atomic E-state index is 11.3. The number of carbonyl (C=O) groups excluding carboxylic acids is 1. The van der Waals surface area contributed by atoms with Crippen LogP contribution >= 0.6 is 0 Å². The van der Waals surface area contributed by atoms with Gasteiger partial charge in [-0.15, -0.1) is 0 Å². The van der Waals surface area contributed by atoms with Crippen molar-refractivity contribution in [2.75, 3.05) is 0 Å². The number of hydrogen-bond acceptors (Lipinski definition) is 1. The lowest BCUT2D eigenvalue weighted by Crippen LogP contribution is -1.91. The summed E-state index contributed by atoms with van der Waals surface area (Å²) in [4.78, 5) is 11.3. The molecule has 1 fully saturated rings. The fourth-order valence-corrected chi connectivity index (χ4v) is 1.69. The first-order valence-corrected chi connectivity index (χ1v) is 6.37. The summed E-state index contributed by atoms with van der Waals surface area (Å²) >= 11 is 0. The monoisotopic (exact) mass is 220 g/mol. The van der Waals surface area contributed by atoms with Gasteiger partial charge in [0.2, 0.25) is 0 Å². The average molecular weight is 220 g/mol. The van der Waals surface area contributed by atoms with Crippen molar-refractivity contribution in [1.29, 1.82) is 0 Å². The van der Waals surface area contributed by atoms with Crippen LogP contribution in [0.3, 0.4) is 0 Å². The fraction of sp³-hybridized carbons (Fsp3) is 0.533. The third-order valence-electron chi connectivity index (χ3n) is 2.47. The number of rotatable bonds is 0. The quantitative estimate of drug-likeness (QED) is 0.583. The second-order valence-corrected chi connectivity index (χ2v) is 3.45. The lowest BCUT2D eigenvalue weighted by molar-refractivity contribution is -0.114. The summed E-state index contributed by atoms with van der Waals surface area (Å²) in [7, 11) is 0. The van der Waals surface area contributed by atoms with Crippen molar-refractivity contribution in [2.45, 2.75) is 53.9 Å². The van der Waals surface area contributed by atoms with Crippen LogP contribution in [0.2, 0.25) is 0 Å². The van der Waals surface area contributed by atoms with Gasteiger partial charge >= 0.3 is 0 Å². The lowest BCUT2D eigenvalue weighted by atomic mass is 10.1. The highest BCUT2D eigenvalue weighted by molar-refractivity contribution is 6.03. The van der Waals surface area contributed by atoms with E-state index in [1.54, 1.807) is 0 Å². The molecule has 1 nitrogen and oxygen atoms in total. The van der Waals surface area contributed by atoms with Crippen molar-refractivity contribution in [2.24, 2.45) is 0 Å². The van der Waals surface area contributed by atoms with E-state index < -0.39 is 0 Å². The zero-order valence-electron chi connectivity index (χ0n) is 11.3. The Morgan fingerprint density at radius 3 is 2.25 bits per heavy atom. The van der Waals surface area contributed by atoms with Crippen molar-refractivity contribution in [3.63, 3.8) is 0 Å². The second-order valence-electron chi connectivity index (χ2n) is 3.45. The van der Waals surface area contributed by atoms with E-state index in [-0.39, 0.29) is 0 Å². The van der Waals surface area contributed by atoms with E-state index in [1.807, 2.05) is 33.8 Å². The molecule has 0 aromatic rings. The highest BCUT2D eigenvalue weighted by Crippen LogP contribution is 2.30. The molecule has 0 aromatic carbocycles. The number of allylic oxidation sites excluding steroid dienone is 6. The van der Waals surface area contributed by atoms with Crippen LogP contribution in [-0.4, -0.2) is 5.78 Å². The standard InChI is InChI=1S/C11H12O.2C2H6/c1-8-2-4-9-5-7-11(12)10(9)6-3-8;2*1-2/h3-4,6H,2,5,7H2,1H3;2*1-2H3. The predicted molar refractivity (Wildman–Crippen MR) is 71.5 cm³/mol. The van der Waals surface area contributed by atoms with Crippen LogP contribution in [0.5, 0.6) is 0 Å². The van der Waals surface area contributed by atoms with Crippen LogP contribution in [0.15, 0.2) is 34.9 Å². The Morgan fingerprint density at radius 1 is 1.00 bits per heavy atom. The van der Waals surface area contributed by atoms with Gasteiger partial charge in [0, 0.05) is 12.0 Å². The van der Waals surface area contributed by atoms with Gasteiger partial charge in [-0.05, 0) is 25.3 Å². The summed E-state index contributed by atoms with van der Waals surface area (Å²) in [6.07, 6.45) is 8.89. The Balaban J connectivity index is 0.000000509. The first-order chi connectivity index (χ1) is 7.77. The smallest absolute Gasteiger partial charge is 0.163 e. The summed E-state index contributed by atoms with van der Waals surface area (Å²) in [5, 5.41) is 0. The van der Waals surface area contributed by atoms with E-state index in [2.05, 4.69) is 19.1 Å². The Kier molecular flexibility index (Phi) is 7.53. The highest BCUT2D eigenvalue weighted by atomic mass is 16.1. The molecule has 0 saturated heterocycles. The maximum Gasteiger partial charge on any atom is 0.163 e. The molecule has 2 rings (SSSR count). The summed E-state index contributed by atoms with van der Waals surface area (Å²) in [5.74, 6) is 0.312. The van der Waals surface area contributed by atoms with E-state index in [4.69, 9.17) is 0 Å². The Morgan fingerprint density at radius 2 is 1.62 bits per heavy atom. The molecule has 1 saturated carbocycles. The molecule has 2 aliphatic rings. The van der Waals surface area contributed by atoms with E-state index in [1.165, 1.54) is 11.1 Å². The largest absolute Gasteiger partial charge is 0.294 e. The summed E-state index contributed by atoms with van der Waals surface area (Å²) in [6.45, 7) is 10.1. The molecule has 1 heteroatoms. The van der Waals surface area contributed by atoms with Crippen LogP contribution in [0, 0.1) is 0 Å². The number of fused-ring (bicyclic) bond motifs is 1. The molecule has 16 heavy (non-hydrogen) atoms. The van der Waals surface area contributed by atoms with E-state index in [0.717, 1.165) is 18.4 Å². The molecule has 0 unspecified atom stereocenters. The predicted octanol–water partition coefficient (Wildman–Crippen LogP) is 4.60. The summed E-state index contributed by atoms with van der Waals surface area (Å²) < 4.78 is 0. The first kappa shape index (κ1) is 14.9. The molecule has 0 amide bonds. The van der Waals surface area contributed by atoms with Crippen LogP contribution in [-0.2, 0) is 4.79 Å². The minimum absolute atomic E-state index is 0.312. The lowest BCUT2D eigenvalue weighted by Gasteiger charge is -1.94. The van der Waals surface area contributed by atoms with E-state index in [9.17, 15) is 4.79 Å². The van der Waals surface area contributed by atoms with Crippen molar-refractivity contribution >= 4 is 5.78 Å². The van der Waals surface area contributed by atoms with E-state index in [0.29, 0.717) is 12.2 Å². The topological polar surface area (TPSA) is 17.1 Å². The molecule has 0 atom stereocenters. The Bertz CT molecular complexity index is 316. The third kappa shape index (κ3) is 3.80. The molecular weight excluding hydrogens is 196 g/mol. The zero-order chi connectivity index (χ0) is 12.6. The summed E-state index contributed by atoms with van der Waals surface area (Å²) in [5.41, 5.74) is 3.54. The van der Waals surface area contributed by atoms with Crippen LogP contribution in [0.25, 0.3) is 0 Å². The molecule has 0 bridgehead atoms. The van der Waals surface area contributed by atoms with Gasteiger partial charge in [-0.2, -0.15) is 0 Å². The molecule has 0 aromatic heterocycles. The van der Waals surface area contributed by atoms with Gasteiger partial charge < -0.3 is 0 Å². The molecule has 0 spiro atoms. The Hall–Kier alpha value is -1.11. The highest BCUT2D eigenvalue weighted by Gasteiger charge is 2.22. The van der Waals surface area contributed by atoms with Crippen molar-refractivity contribution < 1.29 is 4.79 Å². The van der Waals surface area contributed by atoms with Gasteiger partial charge in [-0.25, -0.2) is 0 Å².